The van der Waals surface area contributed by atoms with Gasteiger partial charge in [-0.3, -0.25) is 67.3 Å². The fourth-order valence-corrected chi connectivity index (χ4v) is 11.5. The number of aliphatic imine (C=N–C) groups is 1. The third kappa shape index (κ3) is 27.5. The van der Waals surface area contributed by atoms with Gasteiger partial charge in [0.25, 0.3) is 0 Å². The number of nitrogens with one attached hydrogen (secondary N) is 8. The van der Waals surface area contributed by atoms with Crippen molar-refractivity contribution in [2.24, 2.45) is 51.0 Å². The number of primary amides is 3. The number of unbranched alkanes of at least 4 members (excludes halogenated alkanes) is 1. The minimum atomic E-state index is -1.64. The van der Waals surface area contributed by atoms with Gasteiger partial charge < -0.3 is 92.5 Å². The van der Waals surface area contributed by atoms with Crippen LogP contribution in [0.1, 0.15) is 121 Å². The first-order valence-electron chi connectivity index (χ1n) is 32.2. The van der Waals surface area contributed by atoms with E-state index in [1.54, 1.807) is 60.7 Å². The van der Waals surface area contributed by atoms with Gasteiger partial charge in [0, 0.05) is 45.3 Å². The Labute approximate surface area is 558 Å². The van der Waals surface area contributed by atoms with E-state index in [4.69, 9.17) is 40.1 Å². The minimum absolute atomic E-state index is 0.0736. The molecule has 2 heterocycles. The van der Waals surface area contributed by atoms with Gasteiger partial charge in [-0.25, -0.2) is 0 Å². The Bertz CT molecular complexity index is 2960. The first-order valence-corrected chi connectivity index (χ1v) is 33.6. The lowest BCUT2D eigenvalue weighted by Gasteiger charge is -2.32. The van der Waals surface area contributed by atoms with Crippen molar-refractivity contribution >= 4 is 94.5 Å². The fraction of sp³-hybridized carbons (Fsp3) is 0.587. The highest BCUT2D eigenvalue weighted by Crippen LogP contribution is 2.24. The van der Waals surface area contributed by atoms with Gasteiger partial charge in [0.2, 0.25) is 76.8 Å². The Morgan fingerprint density at radius 1 is 0.537 bits per heavy atom. The van der Waals surface area contributed by atoms with E-state index < -0.39 is 169 Å². The molecule has 2 saturated heterocycles. The average molecular weight is 1350 g/mol. The molecule has 13 amide bonds. The number of thioether (sulfide) groups is 1. The third-order valence-corrected chi connectivity index (χ3v) is 16.7. The molecule has 2 fully saturated rings. The van der Waals surface area contributed by atoms with Gasteiger partial charge in [-0.15, -0.1) is 0 Å². The van der Waals surface area contributed by atoms with E-state index in [0.717, 1.165) is 0 Å². The lowest BCUT2D eigenvalue weighted by atomic mass is 10.0. The van der Waals surface area contributed by atoms with E-state index in [9.17, 15) is 62.3 Å². The van der Waals surface area contributed by atoms with Gasteiger partial charge in [-0.1, -0.05) is 74.5 Å². The molecule has 0 radical (unpaired) electrons. The fourth-order valence-electron chi connectivity index (χ4n) is 11.0. The van der Waals surface area contributed by atoms with Crippen LogP contribution in [0.3, 0.4) is 0 Å². The van der Waals surface area contributed by atoms with Gasteiger partial charge in [0.15, 0.2) is 5.96 Å². The van der Waals surface area contributed by atoms with E-state index in [-0.39, 0.29) is 83.0 Å². The predicted molar refractivity (Wildman–Crippen MR) is 356 cm³/mol. The van der Waals surface area contributed by atoms with Crippen LogP contribution in [0, 0.1) is 5.92 Å². The van der Waals surface area contributed by atoms with Crippen LogP contribution < -0.4 is 82.7 Å². The van der Waals surface area contributed by atoms with Crippen molar-refractivity contribution in [2.75, 3.05) is 44.7 Å². The highest BCUT2D eigenvalue weighted by Gasteiger charge is 2.42. The summed E-state index contributed by atoms with van der Waals surface area (Å²) in [6.45, 7) is 3.86. The standard InChI is InChI=1S/C63H98N18O13S/c1-37(2)33-45(57(89)74-41(53(68)85)27-32-95-3)73-52(84)36-72-54(86)46(34-38-15-6-4-7-16-38)78-58(90)47(35-39-17-8-5-9-18-39)79-56(88)42(23-25-50(66)82)75-55(87)43(24-26-51(67)83)76-59(91)49-22-14-31-81(49)62(94)44(20-10-11-28-64)77-60(92)48-21-13-30-80(48)61(93)40(65)19-12-29-71-63(69)70/h4-9,15-18,37,40-49H,10-14,19-36,64-65H2,1-3H3,(H2,66,82)(H2,67,83)(H2,68,85)(H,72,86)(H,73,84)(H,74,89)(H,75,87)(H,76,91)(H,77,92)(H,78,90)(H,79,88)(H4,69,70,71)/t40-,41+,42+,43+,44+,45-,46-,47+,48+,49+/m1/s1. The van der Waals surface area contributed by atoms with E-state index in [1.807, 2.05) is 20.1 Å². The number of nitrogens with two attached hydrogens (primary N) is 7. The van der Waals surface area contributed by atoms with Crippen LogP contribution in [-0.4, -0.2) is 198 Å². The van der Waals surface area contributed by atoms with Crippen molar-refractivity contribution in [3.05, 3.63) is 71.8 Å². The molecule has 31 nitrogen and oxygen atoms in total. The summed E-state index contributed by atoms with van der Waals surface area (Å²) in [5, 5.41) is 21.1. The predicted octanol–water partition coefficient (Wildman–Crippen LogP) is -3.71. The SMILES string of the molecule is CSCC[C@H](NC(=O)[C@@H](CC(C)C)NC(=O)CNC(=O)[C@@H](Cc1ccccc1)NC(=O)[C@H](Cc1ccccc1)NC(=O)[C@H](CCC(N)=O)NC(=O)[C@H](CCC(N)=O)NC(=O)[C@@H]1CCCN1C(=O)[C@H](CCCCN)NC(=O)[C@@H]1CCCN1C(=O)[C@H](N)CCCN=C(N)N)C(N)=O. The molecule has 0 aromatic heterocycles. The highest BCUT2D eigenvalue weighted by atomic mass is 32.2. The van der Waals surface area contributed by atoms with E-state index >= 15 is 0 Å². The van der Waals surface area contributed by atoms with Crippen molar-refractivity contribution in [3.8, 4) is 0 Å². The molecule has 22 N–H and O–H groups in total. The zero-order valence-electron chi connectivity index (χ0n) is 54.5. The van der Waals surface area contributed by atoms with E-state index in [1.165, 1.54) is 21.6 Å². The molecule has 10 atom stereocenters. The van der Waals surface area contributed by atoms with Crippen molar-refractivity contribution in [2.45, 2.75) is 183 Å². The van der Waals surface area contributed by atoms with Crippen LogP contribution in [0.25, 0.3) is 0 Å². The van der Waals surface area contributed by atoms with Crippen LogP contribution in [0.4, 0.5) is 0 Å². The number of rotatable bonds is 42. The number of hydrogen-bond acceptors (Lipinski definition) is 17. The summed E-state index contributed by atoms with van der Waals surface area (Å²) < 4.78 is 0. The topological polar surface area (TPSA) is 519 Å². The Balaban J connectivity index is 1.56. The molecule has 95 heavy (non-hydrogen) atoms. The zero-order valence-corrected chi connectivity index (χ0v) is 55.3. The molecule has 4 rings (SSSR count). The molecular formula is C63H98N18O13S. The van der Waals surface area contributed by atoms with Crippen LogP contribution in [0.15, 0.2) is 65.7 Å². The molecule has 0 bridgehead atoms. The van der Waals surface area contributed by atoms with E-state index in [2.05, 4.69) is 47.5 Å². The maximum atomic E-state index is 14.7. The summed E-state index contributed by atoms with van der Waals surface area (Å²) >= 11 is 1.45. The zero-order chi connectivity index (χ0) is 70.1. The average Bonchev–Trinajstić information content (AvgIpc) is 1.74. The van der Waals surface area contributed by atoms with E-state index in [0.29, 0.717) is 55.4 Å². The summed E-state index contributed by atoms with van der Waals surface area (Å²) in [6, 6.07) is 4.51. The number of likely N-dealkylation sites (tertiary alicyclic amines) is 2. The summed E-state index contributed by atoms with van der Waals surface area (Å²) in [4.78, 5) is 185. The molecule has 0 unspecified atom stereocenters. The van der Waals surface area contributed by atoms with Crippen LogP contribution in [0.2, 0.25) is 0 Å². The second-order valence-corrected chi connectivity index (χ2v) is 25.1. The normalized spacial score (nSPS) is 16.8. The maximum Gasteiger partial charge on any atom is 0.245 e. The molecular weight excluding hydrogens is 1250 g/mol. The molecule has 0 saturated carbocycles. The summed E-state index contributed by atoms with van der Waals surface area (Å²) in [5.74, 6) is -9.80. The smallest absolute Gasteiger partial charge is 0.245 e. The Kier molecular flexibility index (Phi) is 33.9. The summed E-state index contributed by atoms with van der Waals surface area (Å²) in [5.41, 5.74) is 40.6. The monoisotopic (exact) mass is 1350 g/mol. The first-order chi connectivity index (χ1) is 45.2. The molecule has 2 aromatic carbocycles. The number of carbonyl (C=O) groups is 13. The second-order valence-electron chi connectivity index (χ2n) is 24.1. The van der Waals surface area contributed by atoms with Gasteiger partial charge in [0.1, 0.15) is 54.4 Å². The van der Waals surface area contributed by atoms with Gasteiger partial charge in [0.05, 0.1) is 12.6 Å². The van der Waals surface area contributed by atoms with Crippen LogP contribution in [0.5, 0.6) is 0 Å². The number of hydrogen-bond donors (Lipinski definition) is 15. The van der Waals surface area contributed by atoms with Gasteiger partial charge in [-0.05, 0) is 119 Å². The van der Waals surface area contributed by atoms with Crippen LogP contribution >= 0.6 is 11.8 Å². The van der Waals surface area contributed by atoms with Crippen molar-refractivity contribution in [3.63, 3.8) is 0 Å². The highest BCUT2D eigenvalue weighted by molar-refractivity contribution is 7.98. The quantitative estimate of drug-likeness (QED) is 0.0173. The largest absolute Gasteiger partial charge is 0.370 e. The molecule has 524 valence electrons. The van der Waals surface area contributed by atoms with Crippen LogP contribution in [-0.2, 0) is 75.2 Å². The van der Waals surface area contributed by atoms with Crippen molar-refractivity contribution < 1.29 is 62.3 Å². The molecule has 2 aliphatic heterocycles. The lowest BCUT2D eigenvalue weighted by molar-refractivity contribution is -0.144. The number of amides is 13. The molecule has 32 heteroatoms. The Morgan fingerprint density at radius 2 is 1.01 bits per heavy atom. The minimum Gasteiger partial charge on any atom is -0.370 e. The van der Waals surface area contributed by atoms with Gasteiger partial charge >= 0.3 is 0 Å². The molecule has 2 aliphatic rings. The number of guanidine groups is 1. The molecule has 0 spiro atoms. The van der Waals surface area contributed by atoms with Crippen molar-refractivity contribution in [1.82, 2.24) is 52.3 Å². The molecule has 0 aliphatic carbocycles. The Morgan fingerprint density at radius 3 is 1.51 bits per heavy atom. The number of nitrogens with zero attached hydrogens (tertiary/aromatic N) is 3. The van der Waals surface area contributed by atoms with Crippen molar-refractivity contribution in [1.29, 1.82) is 0 Å². The second kappa shape index (κ2) is 41.0. The summed E-state index contributed by atoms with van der Waals surface area (Å²) in [6.07, 6.45) is 3.12. The summed E-state index contributed by atoms with van der Waals surface area (Å²) in [7, 11) is 0. The van der Waals surface area contributed by atoms with Gasteiger partial charge in [-0.2, -0.15) is 11.8 Å². The Hall–Kier alpha value is -8.91. The number of benzene rings is 2. The lowest BCUT2D eigenvalue weighted by Crippen LogP contribution is -2.60. The number of carbonyl (C=O) groups excluding carboxylic acids is 13. The maximum absolute atomic E-state index is 14.7. The molecule has 2 aromatic rings. The first kappa shape index (κ1) is 78.5. The third-order valence-electron chi connectivity index (χ3n) is 16.0.